The number of benzene rings is 1. The Labute approximate surface area is 117 Å². The van der Waals surface area contributed by atoms with E-state index in [1.807, 2.05) is 0 Å². The quantitative estimate of drug-likeness (QED) is 0.870. The summed E-state index contributed by atoms with van der Waals surface area (Å²) in [7, 11) is 1.46. The van der Waals surface area contributed by atoms with Crippen LogP contribution in [0.2, 0.25) is 5.02 Å². The summed E-state index contributed by atoms with van der Waals surface area (Å²) in [6, 6.07) is 1.67. The second-order valence-electron chi connectivity index (χ2n) is 5.00. The number of hydrogen-bond acceptors (Lipinski definition) is 3. The maximum Gasteiger partial charge on any atom is 0.303 e. The highest BCUT2D eigenvalue weighted by molar-refractivity contribution is 6.31. The summed E-state index contributed by atoms with van der Waals surface area (Å²) in [4.78, 5) is 11.0. The van der Waals surface area contributed by atoms with Crippen molar-refractivity contribution >= 4 is 17.6 Å². The van der Waals surface area contributed by atoms with Gasteiger partial charge in [-0.05, 0) is 31.7 Å². The molecule has 1 aromatic rings. The molecule has 1 aliphatic carbocycles. The van der Waals surface area contributed by atoms with Crippen LogP contribution < -0.4 is 4.74 Å². The van der Waals surface area contributed by atoms with Gasteiger partial charge in [-0.2, -0.15) is 0 Å². The number of phenols is 1. The summed E-state index contributed by atoms with van der Waals surface area (Å²) in [5, 5.41) is 19.8. The average Bonchev–Trinajstić information content (AvgIpc) is 3.16. The molecule has 0 bridgehead atoms. The highest BCUT2D eigenvalue weighted by Crippen LogP contribution is 2.50. The standard InChI is InChI=1S/C14H17ClO4/c1-7-11(15)5-10(13(18)14(7)19-2)9(6-12(16)17)8-3-4-8/h5,8-9,18H,3-4,6H2,1-2H3,(H,16,17). The van der Waals surface area contributed by atoms with Crippen LogP contribution >= 0.6 is 11.6 Å². The van der Waals surface area contributed by atoms with Gasteiger partial charge in [0.15, 0.2) is 11.5 Å². The highest BCUT2D eigenvalue weighted by Gasteiger charge is 2.36. The maximum atomic E-state index is 11.0. The molecule has 1 aliphatic rings. The van der Waals surface area contributed by atoms with E-state index in [1.54, 1.807) is 13.0 Å². The molecular weight excluding hydrogens is 268 g/mol. The van der Waals surface area contributed by atoms with Gasteiger partial charge < -0.3 is 14.9 Å². The van der Waals surface area contributed by atoms with Crippen molar-refractivity contribution in [3.05, 3.63) is 22.2 Å². The van der Waals surface area contributed by atoms with Crippen LogP contribution in [0.5, 0.6) is 11.5 Å². The van der Waals surface area contributed by atoms with E-state index < -0.39 is 5.97 Å². The molecular formula is C14H17ClO4. The van der Waals surface area contributed by atoms with E-state index in [4.69, 9.17) is 21.4 Å². The van der Waals surface area contributed by atoms with Crippen molar-refractivity contribution in [2.24, 2.45) is 5.92 Å². The summed E-state index contributed by atoms with van der Waals surface area (Å²) in [5.74, 6) is -0.414. The third-order valence-corrected chi connectivity index (χ3v) is 4.05. The lowest BCUT2D eigenvalue weighted by atomic mass is 9.89. The predicted molar refractivity (Wildman–Crippen MR) is 72.1 cm³/mol. The number of carboxylic acid groups (broad SMARTS) is 1. The van der Waals surface area contributed by atoms with Crippen molar-refractivity contribution in [2.45, 2.75) is 32.1 Å². The van der Waals surface area contributed by atoms with E-state index >= 15 is 0 Å². The molecule has 0 aromatic heterocycles. The van der Waals surface area contributed by atoms with Crippen LogP contribution in [-0.4, -0.2) is 23.3 Å². The van der Waals surface area contributed by atoms with Crippen molar-refractivity contribution in [3.63, 3.8) is 0 Å². The fraction of sp³-hybridized carbons (Fsp3) is 0.500. The first kappa shape index (κ1) is 14.0. The number of hydrogen-bond donors (Lipinski definition) is 2. The predicted octanol–water partition coefficient (Wildman–Crippen LogP) is 3.33. The number of halogens is 1. The SMILES string of the molecule is COc1c(C)c(Cl)cc(C(CC(=O)O)C2CC2)c1O. The summed E-state index contributed by atoms with van der Waals surface area (Å²) < 4.78 is 5.17. The molecule has 5 heteroatoms. The lowest BCUT2D eigenvalue weighted by molar-refractivity contribution is -0.137. The fourth-order valence-corrected chi connectivity index (χ4v) is 2.68. The summed E-state index contributed by atoms with van der Waals surface area (Å²) in [6.07, 6.45) is 1.98. The van der Waals surface area contributed by atoms with E-state index in [0.717, 1.165) is 12.8 Å². The minimum atomic E-state index is -0.869. The molecule has 1 unspecified atom stereocenters. The minimum absolute atomic E-state index is 0.000765. The van der Waals surface area contributed by atoms with Gasteiger partial charge in [0.1, 0.15) is 0 Å². The molecule has 19 heavy (non-hydrogen) atoms. The topological polar surface area (TPSA) is 66.8 Å². The van der Waals surface area contributed by atoms with Crippen LogP contribution in [0.4, 0.5) is 0 Å². The third-order valence-electron chi connectivity index (χ3n) is 3.66. The smallest absolute Gasteiger partial charge is 0.303 e. The Morgan fingerprint density at radius 2 is 2.21 bits per heavy atom. The molecule has 1 atom stereocenters. The van der Waals surface area contributed by atoms with Gasteiger partial charge in [-0.3, -0.25) is 4.79 Å². The molecule has 0 aliphatic heterocycles. The van der Waals surface area contributed by atoms with Crippen molar-refractivity contribution in [1.82, 2.24) is 0 Å². The fourth-order valence-electron chi connectivity index (χ4n) is 2.48. The van der Waals surface area contributed by atoms with E-state index in [2.05, 4.69) is 0 Å². The molecule has 1 fully saturated rings. The van der Waals surface area contributed by atoms with Crippen LogP contribution in [0.3, 0.4) is 0 Å². The average molecular weight is 285 g/mol. The van der Waals surface area contributed by atoms with Gasteiger partial charge >= 0.3 is 5.97 Å². The minimum Gasteiger partial charge on any atom is -0.504 e. The Hall–Kier alpha value is -1.42. The summed E-state index contributed by atoms with van der Waals surface area (Å²) in [5.41, 5.74) is 1.24. The van der Waals surface area contributed by atoms with Gasteiger partial charge in [-0.25, -0.2) is 0 Å². The molecule has 0 heterocycles. The van der Waals surface area contributed by atoms with Crippen molar-refractivity contribution in [3.8, 4) is 11.5 Å². The van der Waals surface area contributed by atoms with E-state index in [-0.39, 0.29) is 18.1 Å². The molecule has 1 saturated carbocycles. The molecule has 0 spiro atoms. The Bertz CT molecular complexity index is 509. The number of ether oxygens (including phenoxy) is 1. The Morgan fingerprint density at radius 3 is 2.68 bits per heavy atom. The largest absolute Gasteiger partial charge is 0.504 e. The number of aliphatic carboxylic acids is 1. The van der Waals surface area contributed by atoms with Crippen LogP contribution in [-0.2, 0) is 4.79 Å². The first-order chi connectivity index (χ1) is 8.95. The van der Waals surface area contributed by atoms with E-state index in [0.29, 0.717) is 27.8 Å². The number of carbonyl (C=O) groups is 1. The van der Waals surface area contributed by atoms with Crippen molar-refractivity contribution in [1.29, 1.82) is 0 Å². The molecule has 0 amide bonds. The Kier molecular flexibility index (Phi) is 3.90. The van der Waals surface area contributed by atoms with E-state index in [9.17, 15) is 9.90 Å². The zero-order chi connectivity index (χ0) is 14.2. The summed E-state index contributed by atoms with van der Waals surface area (Å²) in [6.45, 7) is 1.76. The lowest BCUT2D eigenvalue weighted by Crippen LogP contribution is -2.09. The van der Waals surface area contributed by atoms with Crippen LogP contribution in [0.25, 0.3) is 0 Å². The number of methoxy groups -OCH3 is 1. The molecule has 2 rings (SSSR count). The Balaban J connectivity index is 2.47. The van der Waals surface area contributed by atoms with Crippen LogP contribution in [0, 0.1) is 12.8 Å². The van der Waals surface area contributed by atoms with Gasteiger partial charge in [-0.1, -0.05) is 11.6 Å². The summed E-state index contributed by atoms with van der Waals surface area (Å²) >= 11 is 6.14. The maximum absolute atomic E-state index is 11.0. The number of carboxylic acids is 1. The zero-order valence-corrected chi connectivity index (χ0v) is 11.7. The third kappa shape index (κ3) is 2.78. The first-order valence-electron chi connectivity index (χ1n) is 6.23. The molecule has 4 nitrogen and oxygen atoms in total. The zero-order valence-electron chi connectivity index (χ0n) is 10.9. The van der Waals surface area contributed by atoms with Gasteiger partial charge in [0, 0.05) is 22.1 Å². The lowest BCUT2D eigenvalue weighted by Gasteiger charge is -2.19. The number of rotatable bonds is 5. The molecule has 0 saturated heterocycles. The van der Waals surface area contributed by atoms with Gasteiger partial charge in [0.25, 0.3) is 0 Å². The second kappa shape index (κ2) is 5.29. The van der Waals surface area contributed by atoms with Gasteiger partial charge in [0.05, 0.1) is 13.5 Å². The van der Waals surface area contributed by atoms with Gasteiger partial charge in [0.2, 0.25) is 0 Å². The highest BCUT2D eigenvalue weighted by atomic mass is 35.5. The number of aromatic hydroxyl groups is 1. The number of phenolic OH excluding ortho intramolecular Hbond substituents is 1. The normalized spacial score (nSPS) is 16.2. The van der Waals surface area contributed by atoms with E-state index in [1.165, 1.54) is 7.11 Å². The molecule has 0 radical (unpaired) electrons. The van der Waals surface area contributed by atoms with Crippen molar-refractivity contribution in [2.75, 3.05) is 7.11 Å². The molecule has 104 valence electrons. The Morgan fingerprint density at radius 1 is 1.58 bits per heavy atom. The molecule has 1 aromatic carbocycles. The first-order valence-corrected chi connectivity index (χ1v) is 6.61. The van der Waals surface area contributed by atoms with Crippen molar-refractivity contribution < 1.29 is 19.7 Å². The van der Waals surface area contributed by atoms with Crippen LogP contribution in [0.1, 0.15) is 36.3 Å². The second-order valence-corrected chi connectivity index (χ2v) is 5.40. The monoisotopic (exact) mass is 284 g/mol. The van der Waals surface area contributed by atoms with Crippen LogP contribution in [0.15, 0.2) is 6.07 Å². The van der Waals surface area contributed by atoms with Gasteiger partial charge in [-0.15, -0.1) is 0 Å². The molecule has 2 N–H and O–H groups in total.